The van der Waals surface area contributed by atoms with Crippen molar-refractivity contribution in [1.82, 2.24) is 10.6 Å². The molecule has 0 aliphatic rings. The van der Waals surface area contributed by atoms with Crippen LogP contribution in [0.25, 0.3) is 0 Å². The summed E-state index contributed by atoms with van der Waals surface area (Å²) in [6, 6.07) is 13.8. The lowest BCUT2D eigenvalue weighted by atomic mass is 10.1. The number of nitrogens with one attached hydrogen (secondary N) is 2. The van der Waals surface area contributed by atoms with Crippen molar-refractivity contribution < 1.29 is 18.7 Å². The molecule has 0 aliphatic carbocycles. The van der Waals surface area contributed by atoms with Crippen molar-refractivity contribution in [2.75, 3.05) is 7.05 Å². The number of likely N-dealkylation sites (N-methyl/N-ethyl adjacent to an activating group) is 1. The number of carbonyl (C=O) groups excluding carboxylic acids is 2. The van der Waals surface area contributed by atoms with Crippen molar-refractivity contribution in [2.45, 2.75) is 32.0 Å². The van der Waals surface area contributed by atoms with Crippen molar-refractivity contribution in [3.05, 3.63) is 71.5 Å². The van der Waals surface area contributed by atoms with Gasteiger partial charge in [0.05, 0.1) is 6.04 Å². The maximum atomic E-state index is 13.1. The summed E-state index contributed by atoms with van der Waals surface area (Å²) < 4.78 is 18.4. The normalized spacial score (nSPS) is 12.4. The van der Waals surface area contributed by atoms with E-state index in [1.807, 2.05) is 30.3 Å². The summed E-state index contributed by atoms with van der Waals surface area (Å²) in [5.74, 6) is -1.20. The highest BCUT2D eigenvalue weighted by Gasteiger charge is 2.24. The third-order valence-electron chi connectivity index (χ3n) is 4.00. The van der Waals surface area contributed by atoms with Gasteiger partial charge in [0.2, 0.25) is 5.91 Å². The summed E-state index contributed by atoms with van der Waals surface area (Å²) in [6.07, 6.45) is 0.218. The van der Waals surface area contributed by atoms with Gasteiger partial charge in [0.25, 0.3) is 0 Å². The Bertz CT molecular complexity index is 726. The molecule has 5 nitrogen and oxygen atoms in total. The first-order valence-electron chi connectivity index (χ1n) is 8.42. The second-order valence-electron chi connectivity index (χ2n) is 6.00. The Morgan fingerprint density at radius 3 is 2.26 bits per heavy atom. The molecule has 2 atom stereocenters. The summed E-state index contributed by atoms with van der Waals surface area (Å²) in [6.45, 7) is 1.82. The fourth-order valence-electron chi connectivity index (χ4n) is 2.31. The van der Waals surface area contributed by atoms with Gasteiger partial charge in [-0.1, -0.05) is 42.5 Å². The van der Waals surface area contributed by atoms with E-state index >= 15 is 0 Å². The Kier molecular flexibility index (Phi) is 9.47. The first-order chi connectivity index (χ1) is 12.5. The van der Waals surface area contributed by atoms with Gasteiger partial charge in [-0.3, -0.25) is 4.79 Å². The molecular weight excluding hydrogens is 371 g/mol. The number of benzene rings is 2. The predicted molar refractivity (Wildman–Crippen MR) is 104 cm³/mol. The second-order valence-corrected chi connectivity index (χ2v) is 6.00. The average molecular weight is 395 g/mol. The Morgan fingerprint density at radius 2 is 1.67 bits per heavy atom. The van der Waals surface area contributed by atoms with E-state index in [0.717, 1.165) is 11.1 Å². The summed E-state index contributed by atoms with van der Waals surface area (Å²) in [5, 5.41) is 5.52. The van der Waals surface area contributed by atoms with Gasteiger partial charge in [0.1, 0.15) is 18.5 Å². The number of amides is 1. The van der Waals surface area contributed by atoms with Gasteiger partial charge < -0.3 is 15.4 Å². The lowest BCUT2D eigenvalue weighted by molar-refractivity contribution is -0.149. The first-order valence-corrected chi connectivity index (χ1v) is 8.42. The summed E-state index contributed by atoms with van der Waals surface area (Å²) in [4.78, 5) is 24.7. The molecule has 0 spiro atoms. The standard InChI is InChI=1S/C20H23FN2O3.ClH/c1-14(22-2)19(24)23-18(12-15-8-10-17(21)11-9-15)20(25)26-13-16-6-4-3-5-7-16;/h3-11,14,18,22H,12-13H2,1-2H3,(H,23,24);1H/t14-,18+;/m0./s1. The minimum Gasteiger partial charge on any atom is -0.459 e. The fourth-order valence-corrected chi connectivity index (χ4v) is 2.31. The van der Waals surface area contributed by atoms with Crippen LogP contribution in [-0.4, -0.2) is 31.0 Å². The topological polar surface area (TPSA) is 67.4 Å². The van der Waals surface area contributed by atoms with E-state index in [9.17, 15) is 14.0 Å². The molecule has 0 fully saturated rings. The number of halogens is 2. The van der Waals surface area contributed by atoms with Gasteiger partial charge in [-0.15, -0.1) is 12.4 Å². The summed E-state index contributed by atoms with van der Waals surface area (Å²) in [5.41, 5.74) is 1.58. The highest BCUT2D eigenvalue weighted by molar-refractivity contribution is 5.87. The van der Waals surface area contributed by atoms with Crippen molar-refractivity contribution in [3.8, 4) is 0 Å². The molecule has 2 N–H and O–H groups in total. The zero-order valence-corrected chi connectivity index (χ0v) is 16.1. The molecule has 7 heteroatoms. The average Bonchev–Trinajstić information content (AvgIpc) is 2.67. The number of carbonyl (C=O) groups is 2. The van der Waals surface area contributed by atoms with Crippen LogP contribution in [0.1, 0.15) is 18.1 Å². The Balaban J connectivity index is 0.00000364. The third kappa shape index (κ3) is 7.37. The van der Waals surface area contributed by atoms with Crippen molar-refractivity contribution in [3.63, 3.8) is 0 Å². The maximum Gasteiger partial charge on any atom is 0.329 e. The third-order valence-corrected chi connectivity index (χ3v) is 4.00. The number of hydrogen-bond acceptors (Lipinski definition) is 4. The van der Waals surface area contributed by atoms with Crippen molar-refractivity contribution in [1.29, 1.82) is 0 Å². The van der Waals surface area contributed by atoms with Crippen molar-refractivity contribution in [2.24, 2.45) is 0 Å². The molecule has 27 heavy (non-hydrogen) atoms. The van der Waals surface area contributed by atoms with E-state index in [0.29, 0.717) is 0 Å². The smallest absolute Gasteiger partial charge is 0.329 e. The predicted octanol–water partition coefficient (Wildman–Crippen LogP) is 2.63. The van der Waals surface area contributed by atoms with E-state index in [-0.39, 0.29) is 37.2 Å². The molecule has 0 bridgehead atoms. The highest BCUT2D eigenvalue weighted by atomic mass is 35.5. The molecule has 0 aliphatic heterocycles. The maximum absolute atomic E-state index is 13.1. The number of hydrogen-bond donors (Lipinski definition) is 2. The van der Waals surface area contributed by atoms with Gasteiger partial charge in [0.15, 0.2) is 0 Å². The molecule has 0 heterocycles. The van der Waals surface area contributed by atoms with Crippen LogP contribution in [0.2, 0.25) is 0 Å². The number of esters is 1. The Hall–Kier alpha value is -2.44. The molecule has 0 saturated heterocycles. The SMILES string of the molecule is CN[C@@H](C)C(=O)N[C@H](Cc1ccc(F)cc1)C(=O)OCc1ccccc1.Cl. The highest BCUT2D eigenvalue weighted by Crippen LogP contribution is 2.09. The molecule has 2 aromatic carbocycles. The zero-order valence-electron chi connectivity index (χ0n) is 15.3. The quantitative estimate of drug-likeness (QED) is 0.675. The van der Waals surface area contributed by atoms with Crippen molar-refractivity contribution >= 4 is 24.3 Å². The largest absolute Gasteiger partial charge is 0.459 e. The van der Waals surface area contributed by atoms with Crippen LogP contribution in [0.3, 0.4) is 0 Å². The number of ether oxygens (including phenoxy) is 1. The van der Waals surface area contributed by atoms with Gasteiger partial charge >= 0.3 is 5.97 Å². The summed E-state index contributed by atoms with van der Waals surface area (Å²) in [7, 11) is 1.66. The van der Waals surface area contributed by atoms with Crippen LogP contribution in [-0.2, 0) is 27.4 Å². The van der Waals surface area contributed by atoms with E-state index < -0.39 is 18.1 Å². The summed E-state index contributed by atoms with van der Waals surface area (Å²) >= 11 is 0. The zero-order chi connectivity index (χ0) is 18.9. The molecule has 2 aromatic rings. The van der Waals surface area contributed by atoms with Crippen LogP contribution in [0.4, 0.5) is 4.39 Å². The molecular formula is C20H24ClFN2O3. The second kappa shape index (κ2) is 11.3. The van der Waals surface area contributed by atoms with Crippen LogP contribution in [0.15, 0.2) is 54.6 Å². The fraction of sp³-hybridized carbons (Fsp3) is 0.300. The lowest BCUT2D eigenvalue weighted by Crippen LogP contribution is -2.49. The molecule has 1 amide bonds. The van der Waals surface area contributed by atoms with E-state index in [1.54, 1.807) is 26.1 Å². The minimum absolute atomic E-state index is 0. The van der Waals surface area contributed by atoms with E-state index in [1.165, 1.54) is 12.1 Å². The minimum atomic E-state index is -0.854. The Labute approximate surface area is 164 Å². The van der Waals surface area contributed by atoms with E-state index in [2.05, 4.69) is 10.6 Å². The monoisotopic (exact) mass is 394 g/mol. The Morgan fingerprint density at radius 1 is 1.04 bits per heavy atom. The van der Waals surface area contributed by atoms with Gasteiger partial charge in [-0.2, -0.15) is 0 Å². The van der Waals surface area contributed by atoms with Crippen LogP contribution in [0.5, 0.6) is 0 Å². The van der Waals surface area contributed by atoms with Gasteiger partial charge in [0, 0.05) is 6.42 Å². The molecule has 0 saturated carbocycles. The van der Waals surface area contributed by atoms with Gasteiger partial charge in [-0.25, -0.2) is 9.18 Å². The molecule has 0 radical (unpaired) electrons. The van der Waals surface area contributed by atoms with E-state index in [4.69, 9.17) is 4.74 Å². The van der Waals surface area contributed by atoms with Crippen LogP contribution >= 0.6 is 12.4 Å². The van der Waals surface area contributed by atoms with Crippen LogP contribution < -0.4 is 10.6 Å². The number of rotatable bonds is 8. The molecule has 0 aromatic heterocycles. The molecule has 0 unspecified atom stereocenters. The lowest BCUT2D eigenvalue weighted by Gasteiger charge is -2.20. The van der Waals surface area contributed by atoms with Gasteiger partial charge in [-0.05, 0) is 37.2 Å². The molecule has 2 rings (SSSR count). The molecule has 146 valence electrons. The first kappa shape index (κ1) is 22.6. The van der Waals surface area contributed by atoms with Crippen LogP contribution in [0, 0.1) is 5.82 Å².